The fourth-order valence-electron chi connectivity index (χ4n) is 2.92. The van der Waals surface area contributed by atoms with Crippen LogP contribution in [0.15, 0.2) is 54.6 Å². The first-order chi connectivity index (χ1) is 13.2. The third kappa shape index (κ3) is 9.80. The van der Waals surface area contributed by atoms with Gasteiger partial charge in [-0.1, -0.05) is 55.3 Å². The molecule has 0 saturated heterocycles. The van der Waals surface area contributed by atoms with Gasteiger partial charge in [-0.2, -0.15) is 0 Å². The van der Waals surface area contributed by atoms with Crippen LogP contribution < -0.4 is 10.1 Å². The molecule has 2 aromatic carbocycles. The van der Waals surface area contributed by atoms with Gasteiger partial charge in [0.25, 0.3) is 0 Å². The highest BCUT2D eigenvalue weighted by atomic mass is 16.5. The van der Waals surface area contributed by atoms with Gasteiger partial charge in [-0.25, -0.2) is 0 Å². The molecule has 2 N–H and O–H groups in total. The fraction of sp³-hybridized carbons (Fsp3) is 0.435. The van der Waals surface area contributed by atoms with E-state index in [2.05, 4.69) is 47.8 Å². The Kier molecular flexibility index (Phi) is 10.0. The Labute approximate surface area is 162 Å². The summed E-state index contributed by atoms with van der Waals surface area (Å²) in [6, 6.07) is 18.8. The number of ether oxygens (including phenoxy) is 1. The Morgan fingerprint density at radius 3 is 2.26 bits per heavy atom. The van der Waals surface area contributed by atoms with Crippen molar-refractivity contribution in [3.05, 3.63) is 65.7 Å². The number of rotatable bonds is 14. The molecule has 0 bridgehead atoms. The number of unbranched alkanes of at least 4 members (excludes halogenated alkanes) is 3. The van der Waals surface area contributed by atoms with Crippen LogP contribution in [0.25, 0.3) is 0 Å². The van der Waals surface area contributed by atoms with Gasteiger partial charge in [0.05, 0.1) is 13.0 Å². The number of carboxylic acids is 1. The van der Waals surface area contributed by atoms with Gasteiger partial charge in [0, 0.05) is 6.54 Å². The summed E-state index contributed by atoms with van der Waals surface area (Å²) in [6.07, 6.45) is 6.98. The summed E-state index contributed by atoms with van der Waals surface area (Å²) in [6.45, 7) is 2.07. The highest BCUT2D eigenvalue weighted by molar-refractivity contribution is 5.66. The third-order valence-corrected chi connectivity index (χ3v) is 4.50. The molecule has 0 spiro atoms. The summed E-state index contributed by atoms with van der Waals surface area (Å²) in [4.78, 5) is 10.4. The first-order valence-corrected chi connectivity index (χ1v) is 9.92. The lowest BCUT2D eigenvalue weighted by atomic mass is 10.1. The number of hydrogen-bond acceptors (Lipinski definition) is 3. The van der Waals surface area contributed by atoms with Crippen LogP contribution in [0.3, 0.4) is 0 Å². The summed E-state index contributed by atoms with van der Waals surface area (Å²) < 4.78 is 5.81. The summed E-state index contributed by atoms with van der Waals surface area (Å²) in [5.41, 5.74) is 2.65. The smallest absolute Gasteiger partial charge is 0.304 e. The number of hydrogen-bond donors (Lipinski definition) is 2. The number of carbonyl (C=O) groups is 1. The lowest BCUT2D eigenvalue weighted by molar-refractivity contribution is -0.136. The van der Waals surface area contributed by atoms with E-state index in [1.807, 2.05) is 12.1 Å². The Morgan fingerprint density at radius 2 is 1.52 bits per heavy atom. The van der Waals surface area contributed by atoms with Crippen LogP contribution >= 0.6 is 0 Å². The van der Waals surface area contributed by atoms with Crippen molar-refractivity contribution in [2.45, 2.75) is 44.9 Å². The molecule has 4 heteroatoms. The van der Waals surface area contributed by atoms with E-state index < -0.39 is 5.97 Å². The summed E-state index contributed by atoms with van der Waals surface area (Å²) in [5.74, 6) is 0.155. The number of aliphatic carboxylic acids is 1. The van der Waals surface area contributed by atoms with Gasteiger partial charge in [-0.05, 0) is 55.5 Å². The topological polar surface area (TPSA) is 58.6 Å². The molecule has 2 aromatic rings. The van der Waals surface area contributed by atoms with Gasteiger partial charge in [-0.15, -0.1) is 0 Å². The molecule has 0 fully saturated rings. The maximum Gasteiger partial charge on any atom is 0.304 e. The molecule has 27 heavy (non-hydrogen) atoms. The number of carboxylic acid groups (broad SMARTS) is 1. The van der Waals surface area contributed by atoms with Gasteiger partial charge < -0.3 is 15.2 Å². The second kappa shape index (κ2) is 12.9. The number of nitrogens with one attached hydrogen (secondary N) is 1. The van der Waals surface area contributed by atoms with E-state index >= 15 is 0 Å². The molecular weight excluding hydrogens is 338 g/mol. The maximum absolute atomic E-state index is 10.4. The SMILES string of the molecule is O=C(O)CCNCCc1ccc(OCCCCCCc2ccccc2)cc1. The van der Waals surface area contributed by atoms with Gasteiger partial charge in [-0.3, -0.25) is 4.79 Å². The average Bonchev–Trinajstić information content (AvgIpc) is 2.68. The molecule has 0 aliphatic rings. The monoisotopic (exact) mass is 369 g/mol. The van der Waals surface area contributed by atoms with Crippen LogP contribution in [0, 0.1) is 0 Å². The van der Waals surface area contributed by atoms with Crippen molar-refractivity contribution in [2.75, 3.05) is 19.7 Å². The molecule has 2 rings (SSSR count). The van der Waals surface area contributed by atoms with E-state index in [0.717, 1.165) is 38.2 Å². The molecule has 0 aromatic heterocycles. The molecule has 0 unspecified atom stereocenters. The van der Waals surface area contributed by atoms with E-state index in [-0.39, 0.29) is 6.42 Å². The molecule has 4 nitrogen and oxygen atoms in total. The van der Waals surface area contributed by atoms with E-state index in [9.17, 15) is 4.79 Å². The largest absolute Gasteiger partial charge is 0.494 e. The van der Waals surface area contributed by atoms with Crippen LogP contribution in [0.2, 0.25) is 0 Å². The second-order valence-corrected chi connectivity index (χ2v) is 6.79. The van der Waals surface area contributed by atoms with Crippen LogP contribution in [-0.4, -0.2) is 30.8 Å². The quantitative estimate of drug-likeness (QED) is 0.482. The van der Waals surface area contributed by atoms with Crippen molar-refractivity contribution in [1.29, 1.82) is 0 Å². The minimum Gasteiger partial charge on any atom is -0.494 e. The lowest BCUT2D eigenvalue weighted by Crippen LogP contribution is -2.20. The minimum atomic E-state index is -0.764. The lowest BCUT2D eigenvalue weighted by Gasteiger charge is -2.08. The zero-order valence-corrected chi connectivity index (χ0v) is 16.0. The molecule has 0 heterocycles. The second-order valence-electron chi connectivity index (χ2n) is 6.79. The van der Waals surface area contributed by atoms with Gasteiger partial charge in [0.15, 0.2) is 0 Å². The van der Waals surface area contributed by atoms with Gasteiger partial charge in [0.1, 0.15) is 5.75 Å². The average molecular weight is 370 g/mol. The first kappa shape index (κ1) is 21.0. The van der Waals surface area contributed by atoms with Crippen LogP contribution in [0.5, 0.6) is 5.75 Å². The highest BCUT2D eigenvalue weighted by Crippen LogP contribution is 2.14. The van der Waals surface area contributed by atoms with E-state index in [1.165, 1.54) is 30.4 Å². The summed E-state index contributed by atoms with van der Waals surface area (Å²) in [7, 11) is 0. The van der Waals surface area contributed by atoms with Gasteiger partial charge >= 0.3 is 5.97 Å². The first-order valence-electron chi connectivity index (χ1n) is 9.92. The van der Waals surface area contributed by atoms with Crippen molar-refractivity contribution in [1.82, 2.24) is 5.32 Å². The molecule has 0 aliphatic carbocycles. The van der Waals surface area contributed by atoms with Crippen molar-refractivity contribution < 1.29 is 14.6 Å². The minimum absolute atomic E-state index is 0.166. The highest BCUT2D eigenvalue weighted by Gasteiger charge is 1.99. The van der Waals surface area contributed by atoms with Gasteiger partial charge in [0.2, 0.25) is 0 Å². The van der Waals surface area contributed by atoms with E-state index in [0.29, 0.717) is 6.54 Å². The summed E-state index contributed by atoms with van der Waals surface area (Å²) >= 11 is 0. The molecule has 146 valence electrons. The van der Waals surface area contributed by atoms with Crippen molar-refractivity contribution in [3.8, 4) is 5.75 Å². The zero-order valence-electron chi connectivity index (χ0n) is 16.0. The molecule has 0 amide bonds. The van der Waals surface area contributed by atoms with Crippen LogP contribution in [-0.2, 0) is 17.6 Å². The normalized spacial score (nSPS) is 10.7. The van der Waals surface area contributed by atoms with Crippen molar-refractivity contribution in [2.24, 2.45) is 0 Å². The molecular formula is C23H31NO3. The van der Waals surface area contributed by atoms with Crippen molar-refractivity contribution >= 4 is 5.97 Å². The maximum atomic E-state index is 10.4. The van der Waals surface area contributed by atoms with E-state index in [1.54, 1.807) is 0 Å². The Morgan fingerprint density at radius 1 is 0.815 bits per heavy atom. The predicted octanol–water partition coefficient (Wildman–Crippen LogP) is 4.48. The van der Waals surface area contributed by atoms with Crippen LogP contribution in [0.4, 0.5) is 0 Å². The van der Waals surface area contributed by atoms with Crippen LogP contribution in [0.1, 0.15) is 43.2 Å². The van der Waals surface area contributed by atoms with Crippen molar-refractivity contribution in [3.63, 3.8) is 0 Å². The molecule has 0 radical (unpaired) electrons. The Bertz CT molecular complexity index is 640. The standard InChI is InChI=1S/C23H31NO3/c25-23(26)16-18-24-17-15-21-11-13-22(14-12-21)27-19-7-2-1-4-8-20-9-5-3-6-10-20/h3,5-6,9-14,24H,1-2,4,7-8,15-19H2,(H,25,26). The molecule has 0 atom stereocenters. The Balaban J connectivity index is 1.49. The van der Waals surface area contributed by atoms with E-state index in [4.69, 9.17) is 9.84 Å². The molecule has 0 aliphatic heterocycles. The Hall–Kier alpha value is -2.33. The number of benzene rings is 2. The predicted molar refractivity (Wildman–Crippen MR) is 109 cm³/mol. The molecule has 0 saturated carbocycles. The number of aryl methyl sites for hydroxylation is 1. The summed E-state index contributed by atoms with van der Waals surface area (Å²) in [5, 5.41) is 11.7. The fourth-order valence-corrected chi connectivity index (χ4v) is 2.92. The zero-order chi connectivity index (χ0) is 19.2. The third-order valence-electron chi connectivity index (χ3n) is 4.50.